The Morgan fingerprint density at radius 1 is 1.10 bits per heavy atom. The first-order valence-corrected chi connectivity index (χ1v) is 6.97. The summed E-state index contributed by atoms with van der Waals surface area (Å²) in [6, 6.07) is 10.1. The Hall–Kier alpha value is -0.980. The lowest BCUT2D eigenvalue weighted by molar-refractivity contribution is -0.167. The summed E-state index contributed by atoms with van der Waals surface area (Å²) < 4.78 is 28.6. The van der Waals surface area contributed by atoms with E-state index in [0.717, 1.165) is 5.56 Å². The molecule has 108 valence electrons. The highest BCUT2D eigenvalue weighted by Crippen LogP contribution is 2.42. The lowest BCUT2D eigenvalue weighted by Crippen LogP contribution is -2.43. The standard InChI is InChI=1S/C15H18O5/c1-16-15-14(17-7-9-5-3-2-4-6-9)12-13(20-15)11-10(19-11)8-18-12/h2-6,10-15H,7-8H2,1H3/t10-,11-,12+,13+,14+,15+/m0/s1. The average molecular weight is 278 g/mol. The van der Waals surface area contributed by atoms with E-state index in [1.807, 2.05) is 30.3 Å². The van der Waals surface area contributed by atoms with Crippen molar-refractivity contribution in [2.75, 3.05) is 13.7 Å². The molecule has 0 aliphatic carbocycles. The maximum atomic E-state index is 6.00. The van der Waals surface area contributed by atoms with Gasteiger partial charge in [0.1, 0.15) is 30.5 Å². The molecule has 0 spiro atoms. The molecule has 3 heterocycles. The molecule has 1 aromatic carbocycles. The number of fused-ring (bicyclic) bond motifs is 3. The maximum absolute atomic E-state index is 6.00. The molecule has 3 aliphatic rings. The van der Waals surface area contributed by atoms with Gasteiger partial charge in [0.2, 0.25) is 0 Å². The van der Waals surface area contributed by atoms with E-state index in [-0.39, 0.29) is 30.5 Å². The summed E-state index contributed by atoms with van der Waals surface area (Å²) in [7, 11) is 1.63. The quantitative estimate of drug-likeness (QED) is 0.772. The molecule has 5 heteroatoms. The van der Waals surface area contributed by atoms with Gasteiger partial charge in [-0.15, -0.1) is 0 Å². The van der Waals surface area contributed by atoms with Gasteiger partial charge in [0.25, 0.3) is 0 Å². The molecular formula is C15H18O5. The van der Waals surface area contributed by atoms with E-state index in [4.69, 9.17) is 23.7 Å². The Kier molecular flexibility index (Phi) is 3.24. The van der Waals surface area contributed by atoms with Gasteiger partial charge in [-0.1, -0.05) is 30.3 Å². The van der Waals surface area contributed by atoms with Crippen LogP contribution in [0.4, 0.5) is 0 Å². The van der Waals surface area contributed by atoms with Gasteiger partial charge in [-0.05, 0) is 5.56 Å². The summed E-state index contributed by atoms with van der Waals surface area (Å²) >= 11 is 0. The molecule has 0 aromatic heterocycles. The monoisotopic (exact) mass is 278 g/mol. The molecule has 0 radical (unpaired) electrons. The van der Waals surface area contributed by atoms with Crippen LogP contribution in [-0.4, -0.2) is 50.5 Å². The van der Waals surface area contributed by atoms with Crippen molar-refractivity contribution in [2.24, 2.45) is 0 Å². The topological polar surface area (TPSA) is 49.5 Å². The van der Waals surface area contributed by atoms with Crippen LogP contribution in [0.15, 0.2) is 30.3 Å². The zero-order chi connectivity index (χ0) is 13.5. The van der Waals surface area contributed by atoms with Crippen LogP contribution in [0.3, 0.4) is 0 Å². The summed E-state index contributed by atoms with van der Waals surface area (Å²) in [5, 5.41) is 0. The fourth-order valence-corrected chi connectivity index (χ4v) is 3.02. The van der Waals surface area contributed by atoms with Crippen LogP contribution in [-0.2, 0) is 30.3 Å². The van der Waals surface area contributed by atoms with E-state index >= 15 is 0 Å². The van der Waals surface area contributed by atoms with Crippen LogP contribution in [0.5, 0.6) is 0 Å². The molecule has 1 aromatic rings. The predicted molar refractivity (Wildman–Crippen MR) is 69.1 cm³/mol. The van der Waals surface area contributed by atoms with Crippen molar-refractivity contribution in [2.45, 2.75) is 43.4 Å². The number of rotatable bonds is 4. The molecule has 3 saturated heterocycles. The Morgan fingerprint density at radius 3 is 2.75 bits per heavy atom. The molecule has 6 atom stereocenters. The van der Waals surface area contributed by atoms with Crippen molar-refractivity contribution in [3.05, 3.63) is 35.9 Å². The van der Waals surface area contributed by atoms with Gasteiger partial charge in [0.05, 0.1) is 13.2 Å². The first-order chi connectivity index (χ1) is 9.86. The molecule has 0 unspecified atom stereocenters. The third-order valence-electron chi connectivity index (χ3n) is 4.12. The summed E-state index contributed by atoms with van der Waals surface area (Å²) in [5.41, 5.74) is 1.13. The van der Waals surface area contributed by atoms with Gasteiger partial charge in [0.15, 0.2) is 6.29 Å². The van der Waals surface area contributed by atoms with E-state index < -0.39 is 6.29 Å². The lowest BCUT2D eigenvalue weighted by Gasteiger charge is -2.25. The summed E-state index contributed by atoms with van der Waals surface area (Å²) in [6.07, 6.45) is -0.433. The highest BCUT2D eigenvalue weighted by Gasteiger charge is 2.61. The fraction of sp³-hybridized carbons (Fsp3) is 0.600. The minimum absolute atomic E-state index is 0.0699. The second-order valence-electron chi connectivity index (χ2n) is 5.40. The molecule has 3 aliphatic heterocycles. The normalized spacial score (nSPS) is 42.0. The first kappa shape index (κ1) is 12.7. The van der Waals surface area contributed by atoms with E-state index in [2.05, 4.69) is 0 Å². The Balaban J connectivity index is 1.45. The molecular weight excluding hydrogens is 260 g/mol. The number of hydrogen-bond donors (Lipinski definition) is 0. The van der Waals surface area contributed by atoms with Gasteiger partial charge in [-0.2, -0.15) is 0 Å². The minimum Gasteiger partial charge on any atom is -0.370 e. The molecule has 0 saturated carbocycles. The second kappa shape index (κ2) is 5.09. The number of epoxide rings is 1. The van der Waals surface area contributed by atoms with Gasteiger partial charge in [0, 0.05) is 7.11 Å². The predicted octanol–water partition coefficient (Wildman–Crippen LogP) is 1.11. The largest absolute Gasteiger partial charge is 0.370 e. The second-order valence-corrected chi connectivity index (χ2v) is 5.40. The van der Waals surface area contributed by atoms with Crippen LogP contribution in [0.2, 0.25) is 0 Å². The number of ether oxygens (including phenoxy) is 5. The lowest BCUT2D eigenvalue weighted by atomic mass is 10.0. The van der Waals surface area contributed by atoms with Crippen molar-refractivity contribution in [1.29, 1.82) is 0 Å². The zero-order valence-electron chi connectivity index (χ0n) is 11.3. The van der Waals surface area contributed by atoms with Crippen LogP contribution in [0.1, 0.15) is 5.56 Å². The minimum atomic E-state index is -0.392. The summed E-state index contributed by atoms with van der Waals surface area (Å²) in [5.74, 6) is 0. The van der Waals surface area contributed by atoms with E-state index in [1.165, 1.54) is 0 Å². The number of hydrogen-bond acceptors (Lipinski definition) is 5. The van der Waals surface area contributed by atoms with Crippen LogP contribution < -0.4 is 0 Å². The van der Waals surface area contributed by atoms with Crippen molar-refractivity contribution < 1.29 is 23.7 Å². The number of benzene rings is 1. The summed E-state index contributed by atoms with van der Waals surface area (Å²) in [6.45, 7) is 1.15. The SMILES string of the molecule is CO[C@@H]1O[C@H]2[C@@H](OC[C@@H]3O[C@H]23)[C@H]1OCc1ccccc1. The van der Waals surface area contributed by atoms with Crippen LogP contribution in [0, 0.1) is 0 Å². The van der Waals surface area contributed by atoms with Crippen LogP contribution in [0.25, 0.3) is 0 Å². The molecule has 0 amide bonds. The van der Waals surface area contributed by atoms with Crippen molar-refractivity contribution in [3.8, 4) is 0 Å². The molecule has 0 N–H and O–H groups in total. The van der Waals surface area contributed by atoms with Gasteiger partial charge in [-0.3, -0.25) is 0 Å². The molecule has 4 rings (SSSR count). The van der Waals surface area contributed by atoms with Crippen molar-refractivity contribution in [3.63, 3.8) is 0 Å². The third kappa shape index (κ3) is 2.16. The average Bonchev–Trinajstić information content (AvgIpc) is 3.20. The van der Waals surface area contributed by atoms with E-state index in [9.17, 15) is 0 Å². The van der Waals surface area contributed by atoms with E-state index in [0.29, 0.717) is 13.2 Å². The Labute approximate surface area is 117 Å². The maximum Gasteiger partial charge on any atom is 0.186 e. The zero-order valence-corrected chi connectivity index (χ0v) is 11.3. The smallest absolute Gasteiger partial charge is 0.186 e. The fourth-order valence-electron chi connectivity index (χ4n) is 3.02. The van der Waals surface area contributed by atoms with E-state index in [1.54, 1.807) is 7.11 Å². The van der Waals surface area contributed by atoms with Crippen molar-refractivity contribution in [1.82, 2.24) is 0 Å². The number of methoxy groups -OCH3 is 1. The van der Waals surface area contributed by atoms with Crippen molar-refractivity contribution >= 4 is 0 Å². The highest BCUT2D eigenvalue weighted by molar-refractivity contribution is 5.14. The van der Waals surface area contributed by atoms with Gasteiger partial charge >= 0.3 is 0 Å². The van der Waals surface area contributed by atoms with Gasteiger partial charge in [-0.25, -0.2) is 0 Å². The molecule has 20 heavy (non-hydrogen) atoms. The first-order valence-electron chi connectivity index (χ1n) is 6.97. The third-order valence-corrected chi connectivity index (χ3v) is 4.12. The Morgan fingerprint density at radius 2 is 1.95 bits per heavy atom. The van der Waals surface area contributed by atoms with Crippen LogP contribution >= 0.6 is 0 Å². The molecule has 3 fully saturated rings. The Bertz CT molecular complexity index is 465. The molecule has 0 bridgehead atoms. The van der Waals surface area contributed by atoms with Gasteiger partial charge < -0.3 is 23.7 Å². The molecule has 5 nitrogen and oxygen atoms in total. The summed E-state index contributed by atoms with van der Waals surface area (Å²) in [4.78, 5) is 0. The highest BCUT2D eigenvalue weighted by atomic mass is 16.7.